The minimum atomic E-state index is -0.862. The van der Waals surface area contributed by atoms with Gasteiger partial charge in [0.15, 0.2) is 0 Å². The highest BCUT2D eigenvalue weighted by Crippen LogP contribution is 2.28. The lowest BCUT2D eigenvalue weighted by Gasteiger charge is -2.13. The maximum Gasteiger partial charge on any atom is 0.342 e. The summed E-state index contributed by atoms with van der Waals surface area (Å²) >= 11 is 11.3. The van der Waals surface area contributed by atoms with Crippen LogP contribution in [0.2, 0.25) is 5.02 Å². The topological polar surface area (TPSA) is 58.6 Å². The zero-order valence-corrected chi connectivity index (χ0v) is 11.1. The second-order valence-corrected chi connectivity index (χ2v) is 4.15. The molecule has 0 saturated carbocycles. The summed E-state index contributed by atoms with van der Waals surface area (Å²) in [5.74, 6) is -1.58. The summed E-state index contributed by atoms with van der Waals surface area (Å²) in [6.45, 7) is 0.134. The number of rotatable bonds is 5. The Hall–Kier alpha value is -1.04. The first kappa shape index (κ1) is 15.0. The number of halogens is 3. The minimum Gasteiger partial charge on any atom is -0.465 e. The summed E-state index contributed by atoms with van der Waals surface area (Å²) < 4.78 is 17.9. The number of carbonyl (C=O) groups is 1. The van der Waals surface area contributed by atoms with Crippen LogP contribution in [0.15, 0.2) is 12.1 Å². The molecule has 0 bridgehead atoms. The van der Waals surface area contributed by atoms with Crippen molar-refractivity contribution in [1.82, 2.24) is 0 Å². The van der Waals surface area contributed by atoms with Gasteiger partial charge in [0.25, 0.3) is 0 Å². The molecule has 0 fully saturated rings. The van der Waals surface area contributed by atoms with Crippen molar-refractivity contribution >= 4 is 34.9 Å². The normalized spacial score (nSPS) is 12.1. The van der Waals surface area contributed by atoms with E-state index in [-0.39, 0.29) is 23.0 Å². The molecule has 7 heteroatoms. The van der Waals surface area contributed by atoms with Gasteiger partial charge in [-0.05, 0) is 12.1 Å². The van der Waals surface area contributed by atoms with E-state index in [1.807, 2.05) is 0 Å². The van der Waals surface area contributed by atoms with Crippen molar-refractivity contribution < 1.29 is 19.0 Å². The second kappa shape index (κ2) is 6.78. The molecule has 2 N–H and O–H groups in total. The molecule has 1 rings (SSSR count). The summed E-state index contributed by atoms with van der Waals surface area (Å²) in [4.78, 5) is 11.4. The van der Waals surface area contributed by atoms with Gasteiger partial charge in [-0.15, -0.1) is 11.6 Å². The fourth-order valence-corrected chi connectivity index (χ4v) is 1.67. The highest BCUT2D eigenvalue weighted by atomic mass is 35.5. The van der Waals surface area contributed by atoms with E-state index < -0.39 is 17.9 Å². The van der Waals surface area contributed by atoms with Crippen molar-refractivity contribution in [2.75, 3.05) is 24.9 Å². The third kappa shape index (κ3) is 3.48. The molecule has 1 atom stereocenters. The molecule has 0 amide bonds. The van der Waals surface area contributed by atoms with Gasteiger partial charge in [-0.3, -0.25) is 0 Å². The van der Waals surface area contributed by atoms with Crippen LogP contribution in [-0.2, 0) is 4.74 Å². The Morgan fingerprint density at radius 3 is 2.83 bits per heavy atom. The zero-order valence-electron chi connectivity index (χ0n) is 9.54. The third-order valence-corrected chi connectivity index (χ3v) is 2.94. The van der Waals surface area contributed by atoms with Gasteiger partial charge in [0.05, 0.1) is 29.8 Å². The summed E-state index contributed by atoms with van der Waals surface area (Å²) in [5, 5.41) is 12.0. The standard InChI is InChI=1S/C11H12Cl2FNO3/c1-18-11(17)9-7(14)2-3-8(10(9)13)15-5-6(16)4-12/h2-3,6,15-16H,4-5H2,1H3. The van der Waals surface area contributed by atoms with Gasteiger partial charge in [0.1, 0.15) is 11.4 Å². The maximum absolute atomic E-state index is 13.4. The molecule has 18 heavy (non-hydrogen) atoms. The van der Waals surface area contributed by atoms with E-state index in [0.717, 1.165) is 13.2 Å². The number of methoxy groups -OCH3 is 1. The number of aliphatic hydroxyl groups is 1. The third-order valence-electron chi connectivity index (χ3n) is 2.19. The van der Waals surface area contributed by atoms with Crippen LogP contribution >= 0.6 is 23.2 Å². The highest BCUT2D eigenvalue weighted by molar-refractivity contribution is 6.36. The quantitative estimate of drug-likeness (QED) is 0.646. The molecule has 0 radical (unpaired) electrons. The number of carbonyl (C=O) groups excluding carboxylic acids is 1. The Balaban J connectivity index is 2.98. The lowest BCUT2D eigenvalue weighted by molar-refractivity contribution is 0.0596. The number of anilines is 1. The number of esters is 1. The van der Waals surface area contributed by atoms with Crippen molar-refractivity contribution in [2.24, 2.45) is 0 Å². The molecule has 0 heterocycles. The predicted octanol–water partition coefficient (Wildman–Crippen LogP) is 2.28. The van der Waals surface area contributed by atoms with E-state index in [0.29, 0.717) is 5.69 Å². The van der Waals surface area contributed by atoms with Crippen molar-refractivity contribution in [3.05, 3.63) is 28.5 Å². The van der Waals surface area contributed by atoms with Crippen LogP contribution in [0.1, 0.15) is 10.4 Å². The zero-order chi connectivity index (χ0) is 13.7. The Morgan fingerprint density at radius 2 is 2.28 bits per heavy atom. The van der Waals surface area contributed by atoms with Gasteiger partial charge in [0, 0.05) is 6.54 Å². The fourth-order valence-electron chi connectivity index (χ4n) is 1.26. The molecular weight excluding hydrogens is 284 g/mol. The first-order valence-corrected chi connectivity index (χ1v) is 5.96. The summed E-state index contributed by atoms with van der Waals surface area (Å²) in [6.07, 6.45) is -0.769. The summed E-state index contributed by atoms with van der Waals surface area (Å²) in [5.41, 5.74) is -0.0211. The van der Waals surface area contributed by atoms with Crippen LogP contribution < -0.4 is 5.32 Å². The van der Waals surface area contributed by atoms with Crippen LogP contribution in [0.3, 0.4) is 0 Å². The monoisotopic (exact) mass is 295 g/mol. The maximum atomic E-state index is 13.4. The summed E-state index contributed by atoms with van der Waals surface area (Å²) in [6, 6.07) is 2.46. The number of alkyl halides is 1. The molecule has 0 aliphatic carbocycles. The number of benzene rings is 1. The molecule has 0 aromatic heterocycles. The van der Waals surface area contributed by atoms with Gasteiger partial charge in [-0.1, -0.05) is 11.6 Å². The van der Waals surface area contributed by atoms with E-state index in [1.165, 1.54) is 6.07 Å². The molecule has 0 saturated heterocycles. The van der Waals surface area contributed by atoms with Crippen molar-refractivity contribution in [1.29, 1.82) is 0 Å². The molecule has 0 spiro atoms. The molecule has 1 aromatic rings. The lowest BCUT2D eigenvalue weighted by atomic mass is 10.2. The molecule has 1 aromatic carbocycles. The van der Waals surface area contributed by atoms with Crippen molar-refractivity contribution in [3.63, 3.8) is 0 Å². The Bertz CT molecular complexity index is 443. The van der Waals surface area contributed by atoms with Gasteiger partial charge in [0.2, 0.25) is 0 Å². The van der Waals surface area contributed by atoms with Gasteiger partial charge >= 0.3 is 5.97 Å². The van der Waals surface area contributed by atoms with Crippen LogP contribution in [0.4, 0.5) is 10.1 Å². The minimum absolute atomic E-state index is 0.0513. The molecule has 0 aliphatic heterocycles. The Kier molecular flexibility index (Phi) is 5.65. The SMILES string of the molecule is COC(=O)c1c(F)ccc(NCC(O)CCl)c1Cl. The van der Waals surface area contributed by atoms with E-state index in [9.17, 15) is 14.3 Å². The van der Waals surface area contributed by atoms with Crippen LogP contribution in [0.25, 0.3) is 0 Å². The largest absolute Gasteiger partial charge is 0.465 e. The highest BCUT2D eigenvalue weighted by Gasteiger charge is 2.19. The number of hydrogen-bond acceptors (Lipinski definition) is 4. The predicted molar refractivity (Wildman–Crippen MR) is 68.0 cm³/mol. The summed E-state index contributed by atoms with van der Waals surface area (Å²) in [7, 11) is 1.13. The number of nitrogens with one attached hydrogen (secondary N) is 1. The van der Waals surface area contributed by atoms with E-state index in [2.05, 4.69) is 10.1 Å². The second-order valence-electron chi connectivity index (χ2n) is 3.46. The molecular formula is C11H12Cl2FNO3. The van der Waals surface area contributed by atoms with E-state index in [1.54, 1.807) is 0 Å². The van der Waals surface area contributed by atoms with Gasteiger partial charge < -0.3 is 15.2 Å². The van der Waals surface area contributed by atoms with Crippen LogP contribution in [-0.4, -0.2) is 36.7 Å². The van der Waals surface area contributed by atoms with Crippen LogP contribution in [0, 0.1) is 5.82 Å². The van der Waals surface area contributed by atoms with Gasteiger partial charge in [-0.25, -0.2) is 9.18 Å². The van der Waals surface area contributed by atoms with Crippen LogP contribution in [0.5, 0.6) is 0 Å². The van der Waals surface area contributed by atoms with Gasteiger partial charge in [-0.2, -0.15) is 0 Å². The first-order valence-electron chi connectivity index (χ1n) is 5.05. The fraction of sp³-hybridized carbons (Fsp3) is 0.364. The van der Waals surface area contributed by atoms with E-state index >= 15 is 0 Å². The average molecular weight is 296 g/mol. The Labute approximate surface area is 114 Å². The average Bonchev–Trinajstić information content (AvgIpc) is 2.37. The number of hydrogen-bond donors (Lipinski definition) is 2. The Morgan fingerprint density at radius 1 is 1.61 bits per heavy atom. The lowest BCUT2D eigenvalue weighted by Crippen LogP contribution is -2.21. The molecule has 1 unspecified atom stereocenters. The molecule has 100 valence electrons. The number of ether oxygens (including phenoxy) is 1. The molecule has 4 nitrogen and oxygen atoms in total. The first-order chi connectivity index (χ1) is 8.51. The molecule has 0 aliphatic rings. The smallest absolute Gasteiger partial charge is 0.342 e. The van der Waals surface area contributed by atoms with E-state index in [4.69, 9.17) is 23.2 Å². The van der Waals surface area contributed by atoms with Crippen molar-refractivity contribution in [2.45, 2.75) is 6.10 Å². The van der Waals surface area contributed by atoms with Crippen molar-refractivity contribution in [3.8, 4) is 0 Å². The number of aliphatic hydroxyl groups excluding tert-OH is 1.